The lowest BCUT2D eigenvalue weighted by Crippen LogP contribution is -2.20. The third-order valence-electron chi connectivity index (χ3n) is 2.84. The van der Waals surface area contributed by atoms with Gasteiger partial charge in [-0.15, -0.1) is 0 Å². The molecule has 1 aromatic rings. The third kappa shape index (κ3) is 3.53. The molecule has 0 heterocycles. The average Bonchev–Trinajstić information content (AvgIpc) is 2.35. The first-order valence-electron chi connectivity index (χ1n) is 6.01. The smallest absolute Gasteiger partial charge is 0.341 e. The number of sulfone groups is 1. The van der Waals surface area contributed by atoms with E-state index in [1.807, 2.05) is 0 Å². The van der Waals surface area contributed by atoms with Gasteiger partial charge in [0.2, 0.25) is 9.84 Å². The van der Waals surface area contributed by atoms with Gasteiger partial charge in [-0.1, -0.05) is 32.0 Å². The van der Waals surface area contributed by atoms with Gasteiger partial charge >= 0.3 is 11.7 Å². The second-order valence-corrected chi connectivity index (χ2v) is 6.75. The van der Waals surface area contributed by atoms with Crippen molar-refractivity contribution in [2.45, 2.75) is 36.8 Å². The van der Waals surface area contributed by atoms with E-state index in [1.54, 1.807) is 13.8 Å². The summed E-state index contributed by atoms with van der Waals surface area (Å²) >= 11 is 0. The first-order chi connectivity index (χ1) is 9.17. The van der Waals surface area contributed by atoms with E-state index in [-0.39, 0.29) is 17.9 Å². The Bertz CT molecular complexity index is 582. The quantitative estimate of drug-likeness (QED) is 0.877. The summed E-state index contributed by atoms with van der Waals surface area (Å²) in [6.07, 6.45) is 0.172. The number of carbonyl (C=O) groups is 1. The Labute approximate surface area is 116 Å². The van der Waals surface area contributed by atoms with Gasteiger partial charge in [0.25, 0.3) is 0 Å². The molecular weight excluding hydrogens is 290 g/mol. The predicted molar refractivity (Wildman–Crippen MR) is 69.5 cm³/mol. The van der Waals surface area contributed by atoms with Crippen LogP contribution >= 0.6 is 0 Å². The molecule has 0 saturated heterocycles. The molecule has 0 aromatic heterocycles. The van der Waals surface area contributed by atoms with Crippen LogP contribution < -0.4 is 0 Å². The standard InChI is InChI=1S/C13H16F2O4S/c1-8(2)7-10(12(16)17)9-5-3-4-6-11(9)20(18,19)13(14)15/h3-6,8,10,13H,7H2,1-2H3,(H,16,17). The highest BCUT2D eigenvalue weighted by Crippen LogP contribution is 2.31. The molecule has 1 rings (SSSR count). The lowest BCUT2D eigenvalue weighted by atomic mass is 9.90. The molecule has 1 unspecified atom stereocenters. The molecule has 0 amide bonds. The Kier molecular flexibility index (Phi) is 5.21. The Balaban J connectivity index is 3.41. The van der Waals surface area contributed by atoms with Crippen molar-refractivity contribution >= 4 is 15.8 Å². The number of alkyl halides is 2. The third-order valence-corrected chi connectivity index (χ3v) is 4.29. The van der Waals surface area contributed by atoms with Crippen molar-refractivity contribution in [1.82, 2.24) is 0 Å². The summed E-state index contributed by atoms with van der Waals surface area (Å²) in [6, 6.07) is 5.03. The van der Waals surface area contributed by atoms with Crippen molar-refractivity contribution in [3.63, 3.8) is 0 Å². The molecule has 0 radical (unpaired) electrons. The Hall–Kier alpha value is -1.50. The summed E-state index contributed by atoms with van der Waals surface area (Å²) in [5.74, 6) is -5.94. The van der Waals surface area contributed by atoms with Crippen molar-refractivity contribution in [1.29, 1.82) is 0 Å². The largest absolute Gasteiger partial charge is 0.481 e. The molecule has 7 heteroatoms. The number of halogens is 2. The topological polar surface area (TPSA) is 71.4 Å². The fourth-order valence-corrected chi connectivity index (χ4v) is 2.95. The molecule has 0 fully saturated rings. The molecule has 4 nitrogen and oxygen atoms in total. The van der Waals surface area contributed by atoms with Crippen molar-refractivity contribution in [2.75, 3.05) is 0 Å². The van der Waals surface area contributed by atoms with Crippen molar-refractivity contribution in [3.05, 3.63) is 29.8 Å². The van der Waals surface area contributed by atoms with Crippen LogP contribution in [0, 0.1) is 5.92 Å². The zero-order valence-corrected chi connectivity index (χ0v) is 11.9. The van der Waals surface area contributed by atoms with Crippen molar-refractivity contribution in [3.8, 4) is 0 Å². The minimum atomic E-state index is -4.82. The van der Waals surface area contributed by atoms with E-state index in [2.05, 4.69) is 0 Å². The van der Waals surface area contributed by atoms with Crippen LogP contribution in [0.2, 0.25) is 0 Å². The van der Waals surface area contributed by atoms with Gasteiger partial charge in [-0.05, 0) is 24.0 Å². The number of carboxylic acid groups (broad SMARTS) is 1. The summed E-state index contributed by atoms with van der Waals surface area (Å²) < 4.78 is 48.6. The number of aliphatic carboxylic acids is 1. The summed E-state index contributed by atoms with van der Waals surface area (Å²) in [5.41, 5.74) is -0.0889. The van der Waals surface area contributed by atoms with Crippen LogP contribution in [0.5, 0.6) is 0 Å². The molecule has 0 saturated carbocycles. The average molecular weight is 306 g/mol. The van der Waals surface area contributed by atoms with Crippen LogP contribution in [0.25, 0.3) is 0 Å². The molecule has 1 atom stereocenters. The lowest BCUT2D eigenvalue weighted by Gasteiger charge is -2.18. The van der Waals surface area contributed by atoms with E-state index >= 15 is 0 Å². The first-order valence-corrected chi connectivity index (χ1v) is 7.56. The van der Waals surface area contributed by atoms with Gasteiger partial charge in [-0.3, -0.25) is 4.79 Å². The van der Waals surface area contributed by atoms with Crippen LogP contribution in [-0.4, -0.2) is 25.3 Å². The number of rotatable bonds is 6. The molecule has 0 spiro atoms. The van der Waals surface area contributed by atoms with E-state index in [9.17, 15) is 27.1 Å². The fourth-order valence-electron chi connectivity index (χ4n) is 1.96. The minimum absolute atomic E-state index is 0.0154. The van der Waals surface area contributed by atoms with E-state index < -0.39 is 32.4 Å². The summed E-state index contributed by atoms with van der Waals surface area (Å²) in [7, 11) is -4.82. The van der Waals surface area contributed by atoms with Gasteiger partial charge < -0.3 is 5.11 Å². The van der Waals surface area contributed by atoms with Gasteiger partial charge in [0.1, 0.15) is 0 Å². The maximum atomic E-state index is 12.7. The number of hydrogen-bond acceptors (Lipinski definition) is 3. The Morgan fingerprint density at radius 1 is 1.25 bits per heavy atom. The first kappa shape index (κ1) is 16.6. The molecule has 0 aliphatic rings. The van der Waals surface area contributed by atoms with E-state index in [1.165, 1.54) is 18.2 Å². The minimum Gasteiger partial charge on any atom is -0.481 e. The normalized spacial score (nSPS) is 13.7. The van der Waals surface area contributed by atoms with Gasteiger partial charge in [-0.2, -0.15) is 8.78 Å². The lowest BCUT2D eigenvalue weighted by molar-refractivity contribution is -0.139. The van der Waals surface area contributed by atoms with E-state index in [0.29, 0.717) is 0 Å². The number of benzene rings is 1. The Morgan fingerprint density at radius 3 is 2.25 bits per heavy atom. The second kappa shape index (κ2) is 6.30. The second-order valence-electron chi connectivity index (χ2n) is 4.86. The zero-order valence-electron chi connectivity index (χ0n) is 11.1. The highest BCUT2D eigenvalue weighted by Gasteiger charge is 2.33. The van der Waals surface area contributed by atoms with Crippen LogP contribution in [0.15, 0.2) is 29.2 Å². The van der Waals surface area contributed by atoms with Crippen LogP contribution in [-0.2, 0) is 14.6 Å². The summed E-state index contributed by atoms with van der Waals surface area (Å²) in [5, 5.41) is 9.22. The van der Waals surface area contributed by atoms with Gasteiger partial charge in [0.15, 0.2) is 0 Å². The highest BCUT2D eigenvalue weighted by molar-refractivity contribution is 7.91. The Morgan fingerprint density at radius 2 is 1.80 bits per heavy atom. The van der Waals surface area contributed by atoms with Gasteiger partial charge in [0, 0.05) is 0 Å². The molecular formula is C13H16F2O4S. The zero-order chi connectivity index (χ0) is 15.5. The number of carboxylic acids is 1. The maximum absolute atomic E-state index is 12.7. The molecule has 1 aromatic carbocycles. The van der Waals surface area contributed by atoms with Crippen LogP contribution in [0.4, 0.5) is 8.78 Å². The molecule has 0 bridgehead atoms. The molecule has 0 aliphatic carbocycles. The summed E-state index contributed by atoms with van der Waals surface area (Å²) in [6.45, 7) is 3.56. The SMILES string of the molecule is CC(C)CC(C(=O)O)c1ccccc1S(=O)(=O)C(F)F. The molecule has 0 aliphatic heterocycles. The van der Waals surface area contributed by atoms with E-state index in [4.69, 9.17) is 0 Å². The summed E-state index contributed by atoms with van der Waals surface area (Å²) in [4.78, 5) is 10.7. The van der Waals surface area contributed by atoms with Crippen molar-refractivity contribution < 1.29 is 27.1 Å². The van der Waals surface area contributed by atoms with Crippen molar-refractivity contribution in [2.24, 2.45) is 5.92 Å². The molecule has 20 heavy (non-hydrogen) atoms. The highest BCUT2D eigenvalue weighted by atomic mass is 32.2. The number of hydrogen-bond donors (Lipinski definition) is 1. The molecule has 1 N–H and O–H groups in total. The van der Waals surface area contributed by atoms with Crippen LogP contribution in [0.3, 0.4) is 0 Å². The van der Waals surface area contributed by atoms with Gasteiger partial charge in [0.05, 0.1) is 10.8 Å². The molecule has 112 valence electrons. The van der Waals surface area contributed by atoms with Gasteiger partial charge in [-0.25, -0.2) is 8.42 Å². The van der Waals surface area contributed by atoms with Crippen LogP contribution in [0.1, 0.15) is 31.7 Å². The monoisotopic (exact) mass is 306 g/mol. The predicted octanol–water partition coefficient (Wildman–Crippen LogP) is 2.90. The maximum Gasteiger partial charge on any atom is 0.341 e. The van der Waals surface area contributed by atoms with E-state index in [0.717, 1.165) is 6.07 Å². The fraction of sp³-hybridized carbons (Fsp3) is 0.462.